The summed E-state index contributed by atoms with van der Waals surface area (Å²) in [5.41, 5.74) is 1.56. The molecule has 1 unspecified atom stereocenters. The molecule has 0 spiro atoms. The number of carbonyl (C=O) groups is 1. The van der Waals surface area contributed by atoms with E-state index in [2.05, 4.69) is 15.0 Å². The van der Waals surface area contributed by atoms with Crippen LogP contribution in [0.2, 0.25) is 5.02 Å². The molecule has 1 fully saturated rings. The number of likely N-dealkylation sites (tertiary alicyclic amines) is 1. The summed E-state index contributed by atoms with van der Waals surface area (Å²) in [6.45, 7) is 1.19. The number of aromatic amines is 1. The molecule has 1 aliphatic rings. The van der Waals surface area contributed by atoms with Gasteiger partial charge in [0.05, 0.1) is 22.6 Å². The Morgan fingerprint density at radius 3 is 3.00 bits per heavy atom. The van der Waals surface area contributed by atoms with Crippen molar-refractivity contribution in [2.75, 3.05) is 13.1 Å². The van der Waals surface area contributed by atoms with Crippen LogP contribution in [0.4, 0.5) is 0 Å². The summed E-state index contributed by atoms with van der Waals surface area (Å²) in [6.07, 6.45) is 3.17. The number of aromatic nitrogens is 3. The lowest BCUT2D eigenvalue weighted by atomic mass is 9.94. The number of rotatable bonds is 2. The highest BCUT2D eigenvalue weighted by Gasteiger charge is 2.27. The van der Waals surface area contributed by atoms with Crippen LogP contribution in [0.15, 0.2) is 47.5 Å². The van der Waals surface area contributed by atoms with Crippen molar-refractivity contribution in [2.24, 2.45) is 0 Å². The van der Waals surface area contributed by atoms with Crippen molar-refractivity contribution in [3.8, 4) is 0 Å². The van der Waals surface area contributed by atoms with Gasteiger partial charge in [0.1, 0.15) is 5.69 Å². The molecule has 1 saturated heterocycles. The molecule has 0 bridgehead atoms. The van der Waals surface area contributed by atoms with Crippen molar-refractivity contribution in [3.05, 3.63) is 69.5 Å². The maximum absolute atomic E-state index is 12.9. The summed E-state index contributed by atoms with van der Waals surface area (Å²) in [4.78, 5) is 37.5. The standard InChI is InChI=1S/C19H17ClN4O2/c20-14-5-1-3-12-6-7-15(23-18(12)14)19(26)24-8-2-4-13(10-24)16-9-17(25)22-11-21-16/h1,3,5-7,9,11,13H,2,4,8,10H2,(H,21,22,25). The first-order valence-electron chi connectivity index (χ1n) is 8.51. The van der Waals surface area contributed by atoms with Crippen LogP contribution >= 0.6 is 11.6 Å². The molecule has 0 radical (unpaired) electrons. The van der Waals surface area contributed by atoms with Gasteiger partial charge in [-0.05, 0) is 25.0 Å². The molecule has 0 saturated carbocycles. The summed E-state index contributed by atoms with van der Waals surface area (Å²) in [5, 5.41) is 1.43. The van der Waals surface area contributed by atoms with Crippen LogP contribution in [0, 0.1) is 0 Å². The lowest BCUT2D eigenvalue weighted by Gasteiger charge is -2.32. The highest BCUT2D eigenvalue weighted by Crippen LogP contribution is 2.26. The van der Waals surface area contributed by atoms with E-state index in [9.17, 15) is 9.59 Å². The highest BCUT2D eigenvalue weighted by molar-refractivity contribution is 6.35. The fourth-order valence-electron chi connectivity index (χ4n) is 3.40. The minimum atomic E-state index is -0.177. The van der Waals surface area contributed by atoms with Crippen LogP contribution < -0.4 is 5.56 Å². The van der Waals surface area contributed by atoms with E-state index in [0.717, 1.165) is 23.9 Å². The molecule has 26 heavy (non-hydrogen) atoms. The zero-order valence-corrected chi connectivity index (χ0v) is 14.7. The maximum atomic E-state index is 12.9. The van der Waals surface area contributed by atoms with Gasteiger partial charge in [-0.1, -0.05) is 29.8 Å². The average molecular weight is 369 g/mol. The zero-order valence-electron chi connectivity index (χ0n) is 14.0. The van der Waals surface area contributed by atoms with E-state index in [4.69, 9.17) is 11.6 Å². The molecule has 3 heterocycles. The smallest absolute Gasteiger partial charge is 0.272 e. The summed E-state index contributed by atoms with van der Waals surface area (Å²) in [6, 6.07) is 10.6. The van der Waals surface area contributed by atoms with Gasteiger partial charge < -0.3 is 9.88 Å². The summed E-state index contributed by atoms with van der Waals surface area (Å²) >= 11 is 6.21. The quantitative estimate of drug-likeness (QED) is 0.754. The van der Waals surface area contributed by atoms with Gasteiger partial charge in [0.25, 0.3) is 11.5 Å². The van der Waals surface area contributed by atoms with Crippen molar-refractivity contribution in [1.82, 2.24) is 19.9 Å². The molecule has 3 aromatic rings. The lowest BCUT2D eigenvalue weighted by Crippen LogP contribution is -2.39. The third-order valence-corrected chi connectivity index (χ3v) is 5.02. The number of piperidine rings is 1. The largest absolute Gasteiger partial charge is 0.337 e. The van der Waals surface area contributed by atoms with Crippen molar-refractivity contribution in [3.63, 3.8) is 0 Å². The molecule has 1 N–H and O–H groups in total. The molecule has 1 amide bonds. The first-order chi connectivity index (χ1) is 12.6. The molecule has 1 aliphatic heterocycles. The molecule has 132 valence electrons. The number of carbonyl (C=O) groups excluding carboxylic acids is 1. The fraction of sp³-hybridized carbons (Fsp3) is 0.263. The van der Waals surface area contributed by atoms with Gasteiger partial charge in [0.2, 0.25) is 0 Å². The molecule has 2 aromatic heterocycles. The normalized spacial score (nSPS) is 17.4. The Morgan fingerprint density at radius 2 is 2.15 bits per heavy atom. The Hall–Kier alpha value is -2.73. The van der Waals surface area contributed by atoms with Crippen LogP contribution in [-0.2, 0) is 0 Å². The van der Waals surface area contributed by atoms with E-state index in [0.29, 0.717) is 29.3 Å². The zero-order chi connectivity index (χ0) is 18.1. The van der Waals surface area contributed by atoms with Gasteiger partial charge in [-0.25, -0.2) is 9.97 Å². The third kappa shape index (κ3) is 3.20. The minimum Gasteiger partial charge on any atom is -0.337 e. The number of H-pyrrole nitrogens is 1. The molecule has 4 rings (SSSR count). The second-order valence-electron chi connectivity index (χ2n) is 6.43. The number of fused-ring (bicyclic) bond motifs is 1. The van der Waals surface area contributed by atoms with Gasteiger partial charge in [-0.15, -0.1) is 0 Å². The predicted molar refractivity (Wildman–Crippen MR) is 99.5 cm³/mol. The van der Waals surface area contributed by atoms with E-state index < -0.39 is 0 Å². The number of pyridine rings is 1. The van der Waals surface area contributed by atoms with E-state index in [1.165, 1.54) is 12.4 Å². The van der Waals surface area contributed by atoms with Gasteiger partial charge in [-0.3, -0.25) is 9.59 Å². The number of benzene rings is 1. The molecule has 1 atom stereocenters. The lowest BCUT2D eigenvalue weighted by molar-refractivity contribution is 0.0700. The summed E-state index contributed by atoms with van der Waals surface area (Å²) < 4.78 is 0. The Balaban J connectivity index is 1.59. The number of hydrogen-bond donors (Lipinski definition) is 1. The van der Waals surface area contributed by atoms with E-state index >= 15 is 0 Å². The van der Waals surface area contributed by atoms with Crippen molar-refractivity contribution in [1.29, 1.82) is 0 Å². The first kappa shape index (κ1) is 16.7. The fourth-order valence-corrected chi connectivity index (χ4v) is 3.63. The van der Waals surface area contributed by atoms with Crippen LogP contribution in [-0.4, -0.2) is 38.8 Å². The Bertz CT molecular complexity index is 1030. The molecule has 0 aliphatic carbocycles. The summed E-state index contributed by atoms with van der Waals surface area (Å²) in [5.74, 6) is -0.0691. The number of para-hydroxylation sites is 1. The second kappa shape index (κ2) is 6.88. The Labute approximate surface area is 154 Å². The van der Waals surface area contributed by atoms with Crippen LogP contribution in [0.3, 0.4) is 0 Å². The number of nitrogens with zero attached hydrogens (tertiary/aromatic N) is 3. The SMILES string of the molecule is O=C(c1ccc2cccc(Cl)c2n1)N1CCCC(c2cc(=O)[nH]cn2)C1. The number of hydrogen-bond acceptors (Lipinski definition) is 4. The van der Waals surface area contributed by atoms with Crippen LogP contribution in [0.1, 0.15) is 34.9 Å². The van der Waals surface area contributed by atoms with Crippen molar-refractivity contribution in [2.45, 2.75) is 18.8 Å². The second-order valence-corrected chi connectivity index (χ2v) is 6.84. The topological polar surface area (TPSA) is 79.0 Å². The molecule has 7 heteroatoms. The molecular formula is C19H17ClN4O2. The van der Waals surface area contributed by atoms with E-state index in [-0.39, 0.29) is 17.4 Å². The van der Waals surface area contributed by atoms with Crippen molar-refractivity contribution < 1.29 is 4.79 Å². The van der Waals surface area contributed by atoms with Gasteiger partial charge in [0, 0.05) is 30.5 Å². The number of nitrogens with one attached hydrogen (secondary N) is 1. The monoisotopic (exact) mass is 368 g/mol. The van der Waals surface area contributed by atoms with Gasteiger partial charge in [0.15, 0.2) is 0 Å². The predicted octanol–water partition coefficient (Wildman–Crippen LogP) is 2.99. The average Bonchev–Trinajstić information content (AvgIpc) is 2.68. The number of amides is 1. The van der Waals surface area contributed by atoms with Crippen molar-refractivity contribution >= 4 is 28.4 Å². The highest BCUT2D eigenvalue weighted by atomic mass is 35.5. The molecule has 6 nitrogen and oxygen atoms in total. The van der Waals surface area contributed by atoms with E-state index in [1.807, 2.05) is 18.2 Å². The summed E-state index contributed by atoms with van der Waals surface area (Å²) in [7, 11) is 0. The Kier molecular flexibility index (Phi) is 4.42. The third-order valence-electron chi connectivity index (χ3n) is 4.72. The van der Waals surface area contributed by atoms with Gasteiger partial charge in [-0.2, -0.15) is 0 Å². The maximum Gasteiger partial charge on any atom is 0.272 e. The Morgan fingerprint density at radius 1 is 1.27 bits per heavy atom. The molecule has 1 aromatic carbocycles. The minimum absolute atomic E-state index is 0.0547. The first-order valence-corrected chi connectivity index (χ1v) is 8.89. The van der Waals surface area contributed by atoms with Crippen LogP contribution in [0.5, 0.6) is 0 Å². The molecular weight excluding hydrogens is 352 g/mol. The van der Waals surface area contributed by atoms with Crippen LogP contribution in [0.25, 0.3) is 10.9 Å². The number of halogens is 1. The van der Waals surface area contributed by atoms with E-state index in [1.54, 1.807) is 17.0 Å². The van der Waals surface area contributed by atoms with Gasteiger partial charge >= 0.3 is 0 Å².